The standard InChI is InChI=1S/C11H9N3/c1-2-8-5-3-4-6-9(8)11-10(12)7-13-14-11/h1,3-7H,12H2,(H,13,14). The van der Waals surface area contributed by atoms with Crippen molar-refractivity contribution >= 4 is 5.69 Å². The lowest BCUT2D eigenvalue weighted by molar-refractivity contribution is 1.09. The summed E-state index contributed by atoms with van der Waals surface area (Å²) in [5, 5.41) is 6.68. The molecule has 3 nitrogen and oxygen atoms in total. The van der Waals surface area contributed by atoms with Gasteiger partial charge in [-0.25, -0.2) is 0 Å². The average Bonchev–Trinajstić information content (AvgIpc) is 2.64. The second-order valence-electron chi connectivity index (χ2n) is 2.89. The van der Waals surface area contributed by atoms with Crippen LogP contribution in [0.2, 0.25) is 0 Å². The lowest BCUT2D eigenvalue weighted by atomic mass is 10.0. The molecule has 1 aromatic carbocycles. The Bertz CT molecular complexity index is 491. The van der Waals surface area contributed by atoms with E-state index in [4.69, 9.17) is 12.2 Å². The number of rotatable bonds is 1. The summed E-state index contributed by atoms with van der Waals surface area (Å²) < 4.78 is 0. The zero-order valence-electron chi connectivity index (χ0n) is 7.49. The fourth-order valence-electron chi connectivity index (χ4n) is 1.34. The van der Waals surface area contributed by atoms with E-state index in [-0.39, 0.29) is 0 Å². The first-order valence-electron chi connectivity index (χ1n) is 4.18. The number of nitrogens with two attached hydrogens (primary N) is 1. The zero-order valence-corrected chi connectivity index (χ0v) is 7.49. The topological polar surface area (TPSA) is 54.7 Å². The van der Waals surface area contributed by atoms with Gasteiger partial charge in [0.15, 0.2) is 0 Å². The van der Waals surface area contributed by atoms with Crippen molar-refractivity contribution in [1.29, 1.82) is 0 Å². The SMILES string of the molecule is C#Cc1ccccc1-c1[nH]ncc1N. The molecule has 1 aromatic heterocycles. The van der Waals surface area contributed by atoms with Gasteiger partial charge in [0.05, 0.1) is 17.6 Å². The first-order chi connectivity index (χ1) is 6.83. The van der Waals surface area contributed by atoms with Crippen LogP contribution in [0, 0.1) is 12.3 Å². The van der Waals surface area contributed by atoms with Crippen molar-refractivity contribution in [3.8, 4) is 23.6 Å². The average molecular weight is 183 g/mol. The maximum absolute atomic E-state index is 5.73. The summed E-state index contributed by atoms with van der Waals surface area (Å²) in [5.41, 5.74) is 8.83. The molecule has 14 heavy (non-hydrogen) atoms. The molecule has 2 rings (SSSR count). The molecule has 1 heterocycles. The van der Waals surface area contributed by atoms with E-state index < -0.39 is 0 Å². The minimum Gasteiger partial charge on any atom is -0.396 e. The van der Waals surface area contributed by atoms with Crippen LogP contribution in [0.5, 0.6) is 0 Å². The highest BCUT2D eigenvalue weighted by Gasteiger charge is 2.07. The summed E-state index contributed by atoms with van der Waals surface area (Å²) in [4.78, 5) is 0. The lowest BCUT2D eigenvalue weighted by Crippen LogP contribution is -1.89. The van der Waals surface area contributed by atoms with Gasteiger partial charge in [-0.05, 0) is 6.07 Å². The predicted molar refractivity (Wildman–Crippen MR) is 56.4 cm³/mol. The number of benzene rings is 1. The quantitative estimate of drug-likeness (QED) is 0.660. The fraction of sp³-hybridized carbons (Fsp3) is 0. The van der Waals surface area contributed by atoms with Gasteiger partial charge in [-0.1, -0.05) is 24.1 Å². The Hall–Kier alpha value is -2.21. The van der Waals surface area contributed by atoms with Gasteiger partial charge in [0.2, 0.25) is 0 Å². The van der Waals surface area contributed by atoms with Crippen LogP contribution in [0.25, 0.3) is 11.3 Å². The second-order valence-corrected chi connectivity index (χ2v) is 2.89. The third kappa shape index (κ3) is 1.23. The highest BCUT2D eigenvalue weighted by atomic mass is 15.1. The molecule has 68 valence electrons. The van der Waals surface area contributed by atoms with Crippen LogP contribution >= 0.6 is 0 Å². The van der Waals surface area contributed by atoms with Gasteiger partial charge >= 0.3 is 0 Å². The molecule has 0 spiro atoms. The van der Waals surface area contributed by atoms with Crippen LogP contribution < -0.4 is 5.73 Å². The van der Waals surface area contributed by atoms with Crippen molar-refractivity contribution in [1.82, 2.24) is 10.2 Å². The molecule has 3 heteroatoms. The van der Waals surface area contributed by atoms with Gasteiger partial charge in [-0.2, -0.15) is 5.10 Å². The Morgan fingerprint density at radius 2 is 2.14 bits per heavy atom. The van der Waals surface area contributed by atoms with E-state index in [1.54, 1.807) is 6.20 Å². The third-order valence-corrected chi connectivity index (χ3v) is 2.02. The number of nitrogens with one attached hydrogen (secondary N) is 1. The van der Waals surface area contributed by atoms with Crippen LogP contribution in [0.4, 0.5) is 5.69 Å². The molecule has 0 aliphatic heterocycles. The number of aromatic amines is 1. The molecule has 2 aromatic rings. The Kier molecular flexibility index (Phi) is 1.96. The van der Waals surface area contributed by atoms with Crippen molar-refractivity contribution in [3.63, 3.8) is 0 Å². The second kappa shape index (κ2) is 3.27. The molecule has 0 bridgehead atoms. The summed E-state index contributed by atoms with van der Waals surface area (Å²) in [6.07, 6.45) is 6.95. The smallest absolute Gasteiger partial charge is 0.0892 e. The summed E-state index contributed by atoms with van der Waals surface area (Å²) in [6.45, 7) is 0. The van der Waals surface area contributed by atoms with E-state index in [2.05, 4.69) is 16.1 Å². The van der Waals surface area contributed by atoms with E-state index in [0.29, 0.717) is 5.69 Å². The van der Waals surface area contributed by atoms with Crippen molar-refractivity contribution in [2.24, 2.45) is 0 Å². The van der Waals surface area contributed by atoms with Crippen LogP contribution in [0.15, 0.2) is 30.5 Å². The zero-order chi connectivity index (χ0) is 9.97. The Morgan fingerprint density at radius 1 is 1.36 bits per heavy atom. The molecule has 0 saturated carbocycles. The number of hydrogen-bond acceptors (Lipinski definition) is 2. The van der Waals surface area contributed by atoms with Gasteiger partial charge in [0, 0.05) is 11.1 Å². The van der Waals surface area contributed by atoms with Crippen LogP contribution in [0.3, 0.4) is 0 Å². The van der Waals surface area contributed by atoms with Crippen molar-refractivity contribution in [2.45, 2.75) is 0 Å². The van der Waals surface area contributed by atoms with Crippen molar-refractivity contribution in [2.75, 3.05) is 5.73 Å². The van der Waals surface area contributed by atoms with Crippen LogP contribution in [0.1, 0.15) is 5.56 Å². The number of H-pyrrole nitrogens is 1. The van der Waals surface area contributed by atoms with Crippen LogP contribution in [-0.4, -0.2) is 10.2 Å². The van der Waals surface area contributed by atoms with E-state index in [9.17, 15) is 0 Å². The first-order valence-corrected chi connectivity index (χ1v) is 4.18. The fourth-order valence-corrected chi connectivity index (χ4v) is 1.34. The number of anilines is 1. The first kappa shape index (κ1) is 8.39. The molecule has 3 N–H and O–H groups in total. The van der Waals surface area contributed by atoms with Crippen molar-refractivity contribution in [3.05, 3.63) is 36.0 Å². The molecule has 0 unspecified atom stereocenters. The Labute approximate surface area is 82.0 Å². The summed E-state index contributed by atoms with van der Waals surface area (Å²) in [6, 6.07) is 7.59. The van der Waals surface area contributed by atoms with E-state index in [1.165, 1.54) is 0 Å². The van der Waals surface area contributed by atoms with Gasteiger partial charge < -0.3 is 5.73 Å². The number of aromatic nitrogens is 2. The van der Waals surface area contributed by atoms with E-state index in [1.807, 2.05) is 24.3 Å². The molecule has 0 fully saturated rings. The van der Waals surface area contributed by atoms with Gasteiger partial charge in [-0.15, -0.1) is 6.42 Å². The van der Waals surface area contributed by atoms with Crippen molar-refractivity contribution < 1.29 is 0 Å². The predicted octanol–water partition coefficient (Wildman–Crippen LogP) is 1.64. The molecular formula is C11H9N3. The molecule has 0 aliphatic carbocycles. The summed E-state index contributed by atoms with van der Waals surface area (Å²) in [7, 11) is 0. The van der Waals surface area contributed by atoms with E-state index in [0.717, 1.165) is 16.8 Å². The summed E-state index contributed by atoms with van der Waals surface area (Å²) >= 11 is 0. The van der Waals surface area contributed by atoms with Gasteiger partial charge in [-0.3, -0.25) is 5.10 Å². The highest BCUT2D eigenvalue weighted by molar-refractivity contribution is 5.76. The summed E-state index contributed by atoms with van der Waals surface area (Å²) in [5.74, 6) is 2.61. The number of nitrogen functional groups attached to an aromatic ring is 1. The monoisotopic (exact) mass is 183 g/mol. The van der Waals surface area contributed by atoms with Crippen LogP contribution in [-0.2, 0) is 0 Å². The minimum absolute atomic E-state index is 0.604. The largest absolute Gasteiger partial charge is 0.396 e. The highest BCUT2D eigenvalue weighted by Crippen LogP contribution is 2.25. The number of hydrogen-bond donors (Lipinski definition) is 2. The molecule has 0 atom stereocenters. The molecule has 0 radical (unpaired) electrons. The maximum atomic E-state index is 5.73. The van der Waals surface area contributed by atoms with Gasteiger partial charge in [0.1, 0.15) is 0 Å². The normalized spacial score (nSPS) is 9.64. The minimum atomic E-state index is 0.604. The molecular weight excluding hydrogens is 174 g/mol. The number of nitrogens with zero attached hydrogens (tertiary/aromatic N) is 1. The number of terminal acetylenes is 1. The third-order valence-electron chi connectivity index (χ3n) is 2.02. The Balaban J connectivity index is 2.64. The molecule has 0 aliphatic rings. The Morgan fingerprint density at radius 3 is 2.79 bits per heavy atom. The van der Waals surface area contributed by atoms with E-state index >= 15 is 0 Å². The molecule has 0 amide bonds. The van der Waals surface area contributed by atoms with Gasteiger partial charge in [0.25, 0.3) is 0 Å². The molecule has 0 saturated heterocycles. The lowest BCUT2D eigenvalue weighted by Gasteiger charge is -2.02. The maximum Gasteiger partial charge on any atom is 0.0892 e.